The first-order valence-corrected chi connectivity index (χ1v) is 6.66. The summed E-state index contributed by atoms with van der Waals surface area (Å²) in [5.41, 5.74) is 1.34. The summed E-state index contributed by atoms with van der Waals surface area (Å²) in [6.07, 6.45) is 0.961. The molecule has 1 saturated heterocycles. The highest BCUT2D eigenvalue weighted by Crippen LogP contribution is 2.14. The second kappa shape index (κ2) is 5.58. The Kier molecular flexibility index (Phi) is 3.63. The lowest BCUT2D eigenvalue weighted by atomic mass is 10.1. The van der Waals surface area contributed by atoms with E-state index in [-0.39, 0.29) is 11.9 Å². The number of benzene rings is 1. The summed E-state index contributed by atoms with van der Waals surface area (Å²) in [7, 11) is 1.71. The molecule has 1 fully saturated rings. The minimum absolute atomic E-state index is 0.119. The van der Waals surface area contributed by atoms with Crippen LogP contribution >= 0.6 is 0 Å². The zero-order chi connectivity index (χ0) is 14.8. The Morgan fingerprint density at radius 2 is 2.14 bits per heavy atom. The Morgan fingerprint density at radius 3 is 2.71 bits per heavy atom. The summed E-state index contributed by atoms with van der Waals surface area (Å²) in [6, 6.07) is 6.81. The summed E-state index contributed by atoms with van der Waals surface area (Å²) in [5, 5.41) is 23.8. The maximum Gasteiger partial charge on any atom is 0.253 e. The highest BCUT2D eigenvalue weighted by atomic mass is 16.3. The van der Waals surface area contributed by atoms with E-state index in [1.54, 1.807) is 36.2 Å². The Labute approximate surface area is 121 Å². The van der Waals surface area contributed by atoms with Crippen LogP contribution in [0.3, 0.4) is 0 Å². The molecule has 0 aliphatic carbocycles. The van der Waals surface area contributed by atoms with Crippen LogP contribution in [0.4, 0.5) is 0 Å². The fourth-order valence-corrected chi connectivity index (χ4v) is 2.44. The molecule has 0 saturated carbocycles. The standard InChI is InChI=1S/C13H16N6O2/c1-18(11-6-14-7-12(11)20)13(21)9-2-4-10(5-3-9)19-8-15-16-17-19/h2-5,8,11-12,14,20H,6-7H2,1H3/t11-,12-/m1/s1. The number of likely N-dealkylation sites (N-methyl/N-ethyl adjacent to an activating group) is 1. The predicted octanol–water partition coefficient (Wildman–Crippen LogP) is -0.933. The summed E-state index contributed by atoms with van der Waals surface area (Å²) in [5.74, 6) is -0.119. The molecule has 0 unspecified atom stereocenters. The second-order valence-electron chi connectivity index (χ2n) is 5.01. The molecule has 2 heterocycles. The number of carbonyl (C=O) groups is 1. The van der Waals surface area contributed by atoms with Crippen LogP contribution in [0.15, 0.2) is 30.6 Å². The van der Waals surface area contributed by atoms with Gasteiger partial charge < -0.3 is 15.3 Å². The number of hydrogen-bond acceptors (Lipinski definition) is 6. The molecule has 3 rings (SSSR count). The number of amides is 1. The zero-order valence-electron chi connectivity index (χ0n) is 11.5. The molecule has 8 nitrogen and oxygen atoms in total. The van der Waals surface area contributed by atoms with E-state index in [1.165, 1.54) is 11.0 Å². The molecule has 1 amide bonds. The van der Waals surface area contributed by atoms with Crippen molar-refractivity contribution in [1.82, 2.24) is 30.4 Å². The normalized spacial score (nSPS) is 21.4. The van der Waals surface area contributed by atoms with Crippen molar-refractivity contribution in [3.8, 4) is 5.69 Å². The number of nitrogens with one attached hydrogen (secondary N) is 1. The van der Waals surface area contributed by atoms with Crippen LogP contribution < -0.4 is 5.32 Å². The first kappa shape index (κ1) is 13.7. The summed E-state index contributed by atoms with van der Waals surface area (Å²) >= 11 is 0. The van der Waals surface area contributed by atoms with Gasteiger partial charge in [0.05, 0.1) is 17.8 Å². The molecule has 1 aliphatic heterocycles. The van der Waals surface area contributed by atoms with Gasteiger partial charge >= 0.3 is 0 Å². The van der Waals surface area contributed by atoms with Crippen LogP contribution in [-0.4, -0.2) is 68.4 Å². The average molecular weight is 288 g/mol. The lowest BCUT2D eigenvalue weighted by molar-refractivity contribution is 0.0581. The van der Waals surface area contributed by atoms with Gasteiger partial charge in [-0.3, -0.25) is 4.79 Å². The van der Waals surface area contributed by atoms with Crippen LogP contribution in [0.5, 0.6) is 0 Å². The van der Waals surface area contributed by atoms with E-state index in [4.69, 9.17) is 0 Å². The predicted molar refractivity (Wildman–Crippen MR) is 73.9 cm³/mol. The van der Waals surface area contributed by atoms with Gasteiger partial charge in [0, 0.05) is 25.7 Å². The van der Waals surface area contributed by atoms with Gasteiger partial charge in [0.1, 0.15) is 6.33 Å². The molecule has 8 heteroatoms. The van der Waals surface area contributed by atoms with E-state index in [2.05, 4.69) is 20.8 Å². The lowest BCUT2D eigenvalue weighted by Crippen LogP contribution is -2.44. The van der Waals surface area contributed by atoms with Gasteiger partial charge in [0.15, 0.2) is 0 Å². The van der Waals surface area contributed by atoms with E-state index < -0.39 is 6.10 Å². The highest BCUT2D eigenvalue weighted by Gasteiger charge is 2.31. The number of carbonyl (C=O) groups excluding carboxylic acids is 1. The van der Waals surface area contributed by atoms with E-state index in [9.17, 15) is 9.90 Å². The molecule has 0 spiro atoms. The lowest BCUT2D eigenvalue weighted by Gasteiger charge is -2.26. The third-order valence-corrected chi connectivity index (χ3v) is 3.70. The Morgan fingerprint density at radius 1 is 1.38 bits per heavy atom. The first-order valence-electron chi connectivity index (χ1n) is 6.66. The molecule has 2 aromatic rings. The van der Waals surface area contributed by atoms with Crippen molar-refractivity contribution in [3.63, 3.8) is 0 Å². The van der Waals surface area contributed by atoms with Crippen LogP contribution in [0.2, 0.25) is 0 Å². The molecule has 1 aromatic heterocycles. The maximum absolute atomic E-state index is 12.4. The molecule has 2 atom stereocenters. The smallest absolute Gasteiger partial charge is 0.253 e. The van der Waals surface area contributed by atoms with Gasteiger partial charge in [0.25, 0.3) is 5.91 Å². The van der Waals surface area contributed by atoms with E-state index in [1.807, 2.05) is 0 Å². The summed E-state index contributed by atoms with van der Waals surface area (Å²) in [6.45, 7) is 1.12. The van der Waals surface area contributed by atoms with Crippen molar-refractivity contribution in [2.24, 2.45) is 0 Å². The van der Waals surface area contributed by atoms with Crippen molar-refractivity contribution in [1.29, 1.82) is 0 Å². The number of nitrogens with zero attached hydrogens (tertiary/aromatic N) is 5. The van der Waals surface area contributed by atoms with E-state index in [0.717, 1.165) is 5.69 Å². The Bertz CT molecular complexity index is 612. The number of aromatic nitrogens is 4. The first-order chi connectivity index (χ1) is 10.2. The van der Waals surface area contributed by atoms with Crippen molar-refractivity contribution >= 4 is 5.91 Å². The van der Waals surface area contributed by atoms with E-state index in [0.29, 0.717) is 18.7 Å². The fraction of sp³-hybridized carbons (Fsp3) is 0.385. The van der Waals surface area contributed by atoms with E-state index >= 15 is 0 Å². The van der Waals surface area contributed by atoms with Gasteiger partial charge in [-0.1, -0.05) is 0 Å². The van der Waals surface area contributed by atoms with Crippen LogP contribution in [0.1, 0.15) is 10.4 Å². The molecular formula is C13H16N6O2. The molecule has 0 radical (unpaired) electrons. The maximum atomic E-state index is 12.4. The monoisotopic (exact) mass is 288 g/mol. The number of rotatable bonds is 3. The van der Waals surface area contributed by atoms with Crippen molar-refractivity contribution in [2.75, 3.05) is 20.1 Å². The van der Waals surface area contributed by atoms with Crippen LogP contribution in [-0.2, 0) is 0 Å². The van der Waals surface area contributed by atoms with Crippen LogP contribution in [0, 0.1) is 0 Å². The minimum Gasteiger partial charge on any atom is -0.390 e. The molecular weight excluding hydrogens is 272 g/mol. The number of hydrogen-bond donors (Lipinski definition) is 2. The SMILES string of the molecule is CN(C(=O)c1ccc(-n2cnnn2)cc1)[C@@H]1CNC[C@H]1O. The highest BCUT2D eigenvalue weighted by molar-refractivity contribution is 5.94. The quantitative estimate of drug-likeness (QED) is 0.757. The third-order valence-electron chi connectivity index (χ3n) is 3.70. The van der Waals surface area contributed by atoms with Gasteiger partial charge in [-0.25, -0.2) is 4.68 Å². The van der Waals surface area contributed by atoms with Gasteiger partial charge in [0.2, 0.25) is 0 Å². The van der Waals surface area contributed by atoms with Crippen molar-refractivity contribution in [3.05, 3.63) is 36.2 Å². The minimum atomic E-state index is -0.528. The largest absolute Gasteiger partial charge is 0.390 e. The zero-order valence-corrected chi connectivity index (χ0v) is 11.5. The molecule has 0 bridgehead atoms. The Hall–Kier alpha value is -2.32. The number of tetrazole rings is 1. The van der Waals surface area contributed by atoms with Crippen molar-refractivity contribution in [2.45, 2.75) is 12.1 Å². The second-order valence-corrected chi connectivity index (χ2v) is 5.01. The molecule has 2 N–H and O–H groups in total. The van der Waals surface area contributed by atoms with Gasteiger partial charge in [-0.15, -0.1) is 5.10 Å². The summed E-state index contributed by atoms with van der Waals surface area (Å²) in [4.78, 5) is 14.0. The Balaban J connectivity index is 1.76. The number of β-amino-alcohol motifs (C(OH)–C–C–N with tert-alkyl or cyclic N) is 1. The molecule has 21 heavy (non-hydrogen) atoms. The number of aliphatic hydroxyl groups is 1. The number of aliphatic hydroxyl groups excluding tert-OH is 1. The fourth-order valence-electron chi connectivity index (χ4n) is 2.44. The molecule has 1 aromatic carbocycles. The molecule has 110 valence electrons. The van der Waals surface area contributed by atoms with Crippen LogP contribution in [0.25, 0.3) is 5.69 Å². The summed E-state index contributed by atoms with van der Waals surface area (Å²) < 4.78 is 1.52. The average Bonchev–Trinajstić information content (AvgIpc) is 3.17. The van der Waals surface area contributed by atoms with Gasteiger partial charge in [-0.05, 0) is 34.7 Å². The van der Waals surface area contributed by atoms with Crippen molar-refractivity contribution < 1.29 is 9.90 Å². The topological polar surface area (TPSA) is 96.2 Å². The van der Waals surface area contributed by atoms with Gasteiger partial charge in [-0.2, -0.15) is 0 Å². The molecule has 1 aliphatic rings. The third kappa shape index (κ3) is 2.63.